The van der Waals surface area contributed by atoms with Crippen LogP contribution < -0.4 is 5.73 Å². The van der Waals surface area contributed by atoms with Crippen LogP contribution in [0, 0.1) is 19.7 Å². The third-order valence-electron chi connectivity index (χ3n) is 3.03. The fourth-order valence-electron chi connectivity index (χ4n) is 2.05. The molecule has 2 rings (SSSR count). The van der Waals surface area contributed by atoms with E-state index in [0.717, 1.165) is 26.7 Å². The van der Waals surface area contributed by atoms with Gasteiger partial charge in [0.15, 0.2) is 0 Å². The molecule has 0 aliphatic carbocycles. The zero-order valence-corrected chi connectivity index (χ0v) is 12.0. The summed E-state index contributed by atoms with van der Waals surface area (Å²) in [6.45, 7) is 4.05. The zero-order valence-electron chi connectivity index (χ0n) is 10.4. The van der Waals surface area contributed by atoms with Crippen molar-refractivity contribution in [3.63, 3.8) is 0 Å². The molecule has 0 amide bonds. The number of halogens is 2. The van der Waals surface area contributed by atoms with Crippen LogP contribution in [0.4, 0.5) is 4.39 Å². The van der Waals surface area contributed by atoms with Crippen LogP contribution >= 0.6 is 15.9 Å². The highest BCUT2D eigenvalue weighted by molar-refractivity contribution is 9.10. The summed E-state index contributed by atoms with van der Waals surface area (Å²) in [5, 5.41) is 0. The number of rotatable bonds is 2. The summed E-state index contributed by atoms with van der Waals surface area (Å²) >= 11 is 3.53. The van der Waals surface area contributed by atoms with Crippen LogP contribution in [-0.2, 0) is 0 Å². The maximum absolute atomic E-state index is 13.2. The molecule has 0 aromatic heterocycles. The molecule has 0 aliphatic heterocycles. The second kappa shape index (κ2) is 5.21. The molecule has 0 aliphatic rings. The Bertz CT molecular complexity index is 557. The van der Waals surface area contributed by atoms with Crippen LogP contribution in [0.25, 0.3) is 0 Å². The van der Waals surface area contributed by atoms with Gasteiger partial charge in [0.05, 0.1) is 6.04 Å². The molecule has 0 fully saturated rings. The van der Waals surface area contributed by atoms with Crippen LogP contribution in [0.5, 0.6) is 0 Å². The molecule has 0 spiro atoms. The highest BCUT2D eigenvalue weighted by Crippen LogP contribution is 2.27. The summed E-state index contributed by atoms with van der Waals surface area (Å²) in [4.78, 5) is 0. The third-order valence-corrected chi connectivity index (χ3v) is 4.28. The SMILES string of the molecule is Cc1cc(C(N)c2cccc(F)c2)cc(C)c1Br. The molecule has 1 nitrogen and oxygen atoms in total. The van der Waals surface area contributed by atoms with Crippen molar-refractivity contribution in [1.29, 1.82) is 0 Å². The van der Waals surface area contributed by atoms with Gasteiger partial charge in [-0.25, -0.2) is 4.39 Å². The minimum Gasteiger partial charge on any atom is -0.320 e. The van der Waals surface area contributed by atoms with Crippen molar-refractivity contribution in [2.24, 2.45) is 5.73 Å². The fourth-order valence-corrected chi connectivity index (χ4v) is 2.28. The largest absolute Gasteiger partial charge is 0.320 e. The minimum atomic E-state index is -0.300. The van der Waals surface area contributed by atoms with Crippen molar-refractivity contribution < 1.29 is 4.39 Å². The highest BCUT2D eigenvalue weighted by atomic mass is 79.9. The van der Waals surface area contributed by atoms with E-state index in [1.54, 1.807) is 6.07 Å². The predicted molar refractivity (Wildman–Crippen MR) is 76.0 cm³/mol. The van der Waals surface area contributed by atoms with Crippen molar-refractivity contribution in [3.8, 4) is 0 Å². The summed E-state index contributed by atoms with van der Waals surface area (Å²) in [6, 6.07) is 10.2. The van der Waals surface area contributed by atoms with Crippen LogP contribution in [-0.4, -0.2) is 0 Å². The lowest BCUT2D eigenvalue weighted by Crippen LogP contribution is -2.12. The molecule has 18 heavy (non-hydrogen) atoms. The molecular weight excluding hydrogens is 293 g/mol. The summed E-state index contributed by atoms with van der Waals surface area (Å²) in [7, 11) is 0. The molecule has 0 saturated carbocycles. The van der Waals surface area contributed by atoms with E-state index < -0.39 is 0 Å². The lowest BCUT2D eigenvalue weighted by molar-refractivity contribution is 0.623. The lowest BCUT2D eigenvalue weighted by atomic mass is 9.96. The average molecular weight is 308 g/mol. The second-order valence-corrected chi connectivity index (χ2v) is 5.29. The third kappa shape index (κ3) is 2.62. The van der Waals surface area contributed by atoms with E-state index in [2.05, 4.69) is 15.9 Å². The smallest absolute Gasteiger partial charge is 0.123 e. The van der Waals surface area contributed by atoms with Gasteiger partial charge < -0.3 is 5.73 Å². The van der Waals surface area contributed by atoms with Gasteiger partial charge in [0, 0.05) is 4.47 Å². The van der Waals surface area contributed by atoms with Crippen molar-refractivity contribution in [1.82, 2.24) is 0 Å². The summed E-state index contributed by atoms with van der Waals surface area (Å²) in [6.07, 6.45) is 0. The van der Waals surface area contributed by atoms with Gasteiger partial charge in [0.25, 0.3) is 0 Å². The van der Waals surface area contributed by atoms with E-state index in [0.29, 0.717) is 0 Å². The molecule has 0 radical (unpaired) electrons. The van der Waals surface area contributed by atoms with Gasteiger partial charge in [0.1, 0.15) is 5.82 Å². The quantitative estimate of drug-likeness (QED) is 0.881. The van der Waals surface area contributed by atoms with Crippen molar-refractivity contribution in [2.45, 2.75) is 19.9 Å². The predicted octanol–water partition coefficient (Wildman–Crippen LogP) is 4.25. The van der Waals surface area contributed by atoms with E-state index in [-0.39, 0.29) is 11.9 Å². The monoisotopic (exact) mass is 307 g/mol. The van der Waals surface area contributed by atoms with Crippen LogP contribution in [0.1, 0.15) is 28.3 Å². The Balaban J connectivity index is 2.43. The Morgan fingerprint density at radius 3 is 2.22 bits per heavy atom. The van der Waals surface area contributed by atoms with Crippen molar-refractivity contribution >= 4 is 15.9 Å². The summed E-state index contributed by atoms with van der Waals surface area (Å²) in [5.41, 5.74) is 10.2. The topological polar surface area (TPSA) is 26.0 Å². The first-order chi connectivity index (χ1) is 8.49. The molecule has 94 valence electrons. The average Bonchev–Trinajstić information content (AvgIpc) is 2.34. The first kappa shape index (κ1) is 13.2. The fraction of sp³-hybridized carbons (Fsp3) is 0.200. The number of hydrogen-bond donors (Lipinski definition) is 1. The Kier molecular flexibility index (Phi) is 3.83. The van der Waals surface area contributed by atoms with Gasteiger partial charge in [-0.3, -0.25) is 0 Å². The number of nitrogens with two attached hydrogens (primary N) is 1. The summed E-state index contributed by atoms with van der Waals surface area (Å²) < 4.78 is 14.3. The normalized spacial score (nSPS) is 12.5. The van der Waals surface area contributed by atoms with Gasteiger partial charge in [-0.1, -0.05) is 40.2 Å². The minimum absolute atomic E-state index is 0.256. The molecule has 1 atom stereocenters. The number of hydrogen-bond acceptors (Lipinski definition) is 1. The van der Waals surface area contributed by atoms with Crippen LogP contribution in [0.2, 0.25) is 0 Å². The van der Waals surface area contributed by atoms with Crippen LogP contribution in [0.3, 0.4) is 0 Å². The molecule has 3 heteroatoms. The van der Waals surface area contributed by atoms with Crippen LogP contribution in [0.15, 0.2) is 40.9 Å². The molecule has 2 aromatic carbocycles. The Morgan fingerprint density at radius 1 is 1.06 bits per heavy atom. The van der Waals surface area contributed by atoms with Crippen molar-refractivity contribution in [3.05, 3.63) is 68.9 Å². The highest BCUT2D eigenvalue weighted by Gasteiger charge is 2.12. The lowest BCUT2D eigenvalue weighted by Gasteiger charge is -2.15. The standard InChI is InChI=1S/C15H15BrFN/c1-9-6-12(7-10(2)14(9)16)15(18)11-4-3-5-13(17)8-11/h3-8,15H,18H2,1-2H3. The Labute approximate surface area is 115 Å². The molecule has 2 N–H and O–H groups in total. The van der Waals surface area contributed by atoms with E-state index in [1.165, 1.54) is 12.1 Å². The van der Waals surface area contributed by atoms with Crippen molar-refractivity contribution in [2.75, 3.05) is 0 Å². The Morgan fingerprint density at radius 2 is 1.67 bits per heavy atom. The second-order valence-electron chi connectivity index (χ2n) is 4.50. The van der Waals surface area contributed by atoms with E-state index in [9.17, 15) is 4.39 Å². The molecule has 0 bridgehead atoms. The van der Waals surface area contributed by atoms with Gasteiger partial charge in [-0.05, 0) is 48.2 Å². The van der Waals surface area contributed by atoms with Gasteiger partial charge >= 0.3 is 0 Å². The zero-order chi connectivity index (χ0) is 13.3. The molecular formula is C15H15BrFN. The van der Waals surface area contributed by atoms with E-state index in [4.69, 9.17) is 5.73 Å². The number of benzene rings is 2. The molecule has 1 unspecified atom stereocenters. The van der Waals surface area contributed by atoms with Gasteiger partial charge in [-0.15, -0.1) is 0 Å². The number of aryl methyl sites for hydroxylation is 2. The maximum atomic E-state index is 13.2. The Hall–Kier alpha value is -1.19. The van der Waals surface area contributed by atoms with Gasteiger partial charge in [-0.2, -0.15) is 0 Å². The van der Waals surface area contributed by atoms with E-state index >= 15 is 0 Å². The van der Waals surface area contributed by atoms with Gasteiger partial charge in [0.2, 0.25) is 0 Å². The first-order valence-electron chi connectivity index (χ1n) is 5.76. The summed E-state index contributed by atoms with van der Waals surface area (Å²) in [5.74, 6) is -0.256. The molecule has 2 aromatic rings. The molecule has 0 heterocycles. The molecule has 0 saturated heterocycles. The van der Waals surface area contributed by atoms with E-state index in [1.807, 2.05) is 32.0 Å². The maximum Gasteiger partial charge on any atom is 0.123 e. The first-order valence-corrected chi connectivity index (χ1v) is 6.56.